The zero-order chi connectivity index (χ0) is 11.4. The SMILES string of the molecule is CCON(NS(C)(=O)=O)NS(C)(=O)=O. The van der Waals surface area contributed by atoms with E-state index in [4.69, 9.17) is 0 Å². The number of hydrazine groups is 2. The van der Waals surface area contributed by atoms with Gasteiger partial charge >= 0.3 is 0 Å². The first-order valence-corrected chi connectivity index (χ1v) is 7.30. The van der Waals surface area contributed by atoms with Gasteiger partial charge in [-0.3, -0.25) is 4.84 Å². The van der Waals surface area contributed by atoms with E-state index in [-0.39, 0.29) is 6.61 Å². The lowest BCUT2D eigenvalue weighted by Gasteiger charge is -2.19. The molecular weight excluding hydrogens is 234 g/mol. The molecule has 0 atom stereocenters. The van der Waals surface area contributed by atoms with Gasteiger partial charge in [-0.1, -0.05) is 0 Å². The largest absolute Gasteiger partial charge is 0.268 e. The third-order valence-electron chi connectivity index (χ3n) is 0.756. The summed E-state index contributed by atoms with van der Waals surface area (Å²) in [6.45, 7) is 1.67. The minimum Gasteiger partial charge on any atom is -0.268 e. The molecule has 0 spiro atoms. The fourth-order valence-electron chi connectivity index (χ4n) is 0.502. The van der Waals surface area contributed by atoms with E-state index in [0.717, 1.165) is 12.5 Å². The van der Waals surface area contributed by atoms with Crippen LogP contribution in [0.25, 0.3) is 0 Å². The van der Waals surface area contributed by atoms with E-state index < -0.39 is 20.0 Å². The number of sulfonamides is 2. The Balaban J connectivity index is 4.46. The third kappa shape index (κ3) is 8.34. The second-order valence-corrected chi connectivity index (χ2v) is 5.89. The van der Waals surface area contributed by atoms with Crippen LogP contribution in [-0.4, -0.2) is 41.2 Å². The zero-order valence-electron chi connectivity index (χ0n) is 8.01. The van der Waals surface area contributed by atoms with Crippen molar-refractivity contribution in [3.05, 3.63) is 0 Å². The molecule has 0 unspecified atom stereocenters. The van der Waals surface area contributed by atoms with Crippen LogP contribution in [0.15, 0.2) is 0 Å². The Kier molecular flexibility index (Phi) is 4.91. The first-order chi connectivity index (χ1) is 6.14. The molecule has 0 rings (SSSR count). The molecule has 0 aromatic heterocycles. The van der Waals surface area contributed by atoms with Gasteiger partial charge in [0.2, 0.25) is 20.0 Å². The molecular formula is C4H13N3O5S2. The van der Waals surface area contributed by atoms with Crippen LogP contribution < -0.4 is 9.66 Å². The standard InChI is InChI=1S/C4H13N3O5S2/c1-4-12-7(5-13(2,8)9)6-14(3,10)11/h5-6H,4H2,1-3H3. The van der Waals surface area contributed by atoms with Crippen molar-refractivity contribution in [1.82, 2.24) is 14.9 Å². The first kappa shape index (κ1) is 13.7. The molecule has 0 saturated heterocycles. The molecule has 86 valence electrons. The quantitative estimate of drug-likeness (QED) is 0.535. The average molecular weight is 247 g/mol. The number of hydrogen-bond donors (Lipinski definition) is 2. The van der Waals surface area contributed by atoms with Gasteiger partial charge in [0.05, 0.1) is 19.1 Å². The summed E-state index contributed by atoms with van der Waals surface area (Å²) in [6.07, 6.45) is 1.73. The summed E-state index contributed by atoms with van der Waals surface area (Å²) in [5, 5.41) is 0.421. The molecule has 0 radical (unpaired) electrons. The summed E-state index contributed by atoms with van der Waals surface area (Å²) in [4.78, 5) is 8.26. The highest BCUT2D eigenvalue weighted by Gasteiger charge is 2.14. The van der Waals surface area contributed by atoms with Crippen molar-refractivity contribution in [2.45, 2.75) is 6.92 Å². The second kappa shape index (κ2) is 5.00. The van der Waals surface area contributed by atoms with E-state index in [9.17, 15) is 16.8 Å². The van der Waals surface area contributed by atoms with Crippen molar-refractivity contribution >= 4 is 20.0 Å². The van der Waals surface area contributed by atoms with Crippen molar-refractivity contribution in [2.24, 2.45) is 0 Å². The van der Waals surface area contributed by atoms with Gasteiger partial charge in [0.15, 0.2) is 0 Å². The highest BCUT2D eigenvalue weighted by atomic mass is 32.2. The van der Waals surface area contributed by atoms with Crippen LogP contribution in [0.5, 0.6) is 0 Å². The van der Waals surface area contributed by atoms with E-state index in [0.29, 0.717) is 5.28 Å². The summed E-state index contributed by atoms with van der Waals surface area (Å²) in [5.74, 6) is 0. The first-order valence-electron chi connectivity index (χ1n) is 3.52. The van der Waals surface area contributed by atoms with Gasteiger partial charge in [0.25, 0.3) is 0 Å². The van der Waals surface area contributed by atoms with Crippen molar-refractivity contribution in [1.29, 1.82) is 0 Å². The lowest BCUT2D eigenvalue weighted by molar-refractivity contribution is -0.192. The summed E-state index contributed by atoms with van der Waals surface area (Å²) < 4.78 is 42.9. The van der Waals surface area contributed by atoms with Crippen molar-refractivity contribution in [2.75, 3.05) is 19.1 Å². The van der Waals surface area contributed by atoms with Crippen LogP contribution in [0.2, 0.25) is 0 Å². The maximum atomic E-state index is 10.7. The minimum absolute atomic E-state index is 0.102. The van der Waals surface area contributed by atoms with Gasteiger partial charge < -0.3 is 0 Å². The minimum atomic E-state index is -3.59. The van der Waals surface area contributed by atoms with E-state index in [2.05, 4.69) is 4.84 Å². The zero-order valence-corrected chi connectivity index (χ0v) is 9.65. The Hall–Kier alpha value is -0.260. The fourth-order valence-corrected chi connectivity index (χ4v) is 1.36. The number of rotatable bonds is 6. The predicted octanol–water partition coefficient (Wildman–Crippen LogP) is -1.83. The van der Waals surface area contributed by atoms with Crippen LogP contribution >= 0.6 is 0 Å². The summed E-state index contributed by atoms with van der Waals surface area (Å²) in [7, 11) is -7.19. The highest BCUT2D eigenvalue weighted by Crippen LogP contribution is 1.86. The summed E-state index contributed by atoms with van der Waals surface area (Å²) >= 11 is 0. The maximum Gasteiger partial charge on any atom is 0.224 e. The smallest absolute Gasteiger partial charge is 0.224 e. The molecule has 2 N–H and O–H groups in total. The molecule has 0 aliphatic heterocycles. The van der Waals surface area contributed by atoms with Gasteiger partial charge in [0, 0.05) is 0 Å². The van der Waals surface area contributed by atoms with Crippen LogP contribution in [0.1, 0.15) is 6.92 Å². The highest BCUT2D eigenvalue weighted by molar-refractivity contribution is 7.89. The Morgan fingerprint density at radius 1 is 1.07 bits per heavy atom. The molecule has 10 heteroatoms. The molecule has 0 aromatic carbocycles. The Morgan fingerprint density at radius 3 is 1.64 bits per heavy atom. The molecule has 0 amide bonds. The average Bonchev–Trinajstić information content (AvgIpc) is 1.78. The molecule has 0 aromatic rings. The van der Waals surface area contributed by atoms with Crippen molar-refractivity contribution in [3.8, 4) is 0 Å². The van der Waals surface area contributed by atoms with Crippen LogP contribution in [0.3, 0.4) is 0 Å². The Morgan fingerprint density at radius 2 is 1.43 bits per heavy atom. The van der Waals surface area contributed by atoms with Gasteiger partial charge in [0.1, 0.15) is 0 Å². The van der Waals surface area contributed by atoms with Gasteiger partial charge in [-0.2, -0.15) is 0 Å². The number of nitrogens with zero attached hydrogens (tertiary/aromatic N) is 1. The molecule has 0 fully saturated rings. The van der Waals surface area contributed by atoms with Gasteiger partial charge in [-0.15, -0.1) is 9.66 Å². The number of nitrogens with one attached hydrogen (secondary N) is 2. The van der Waals surface area contributed by atoms with E-state index in [1.54, 1.807) is 16.6 Å². The van der Waals surface area contributed by atoms with Crippen molar-refractivity contribution < 1.29 is 21.7 Å². The monoisotopic (exact) mass is 247 g/mol. The van der Waals surface area contributed by atoms with Gasteiger partial charge in [-0.05, 0) is 12.2 Å². The molecule has 8 nitrogen and oxygen atoms in total. The number of hydrogen-bond acceptors (Lipinski definition) is 6. The van der Waals surface area contributed by atoms with Crippen LogP contribution in [0, 0.1) is 0 Å². The lowest BCUT2D eigenvalue weighted by atomic mass is 10.9. The Labute approximate surface area is 83.2 Å². The molecule has 0 aliphatic carbocycles. The third-order valence-corrected chi connectivity index (χ3v) is 1.75. The molecule has 0 bridgehead atoms. The lowest BCUT2D eigenvalue weighted by Crippen LogP contribution is -2.51. The van der Waals surface area contributed by atoms with E-state index in [1.165, 1.54) is 0 Å². The topological polar surface area (TPSA) is 105 Å². The van der Waals surface area contributed by atoms with Gasteiger partial charge in [-0.25, -0.2) is 16.8 Å². The summed E-state index contributed by atoms with van der Waals surface area (Å²) in [6, 6.07) is 0. The molecule has 14 heavy (non-hydrogen) atoms. The maximum absolute atomic E-state index is 10.7. The van der Waals surface area contributed by atoms with Crippen LogP contribution in [0.4, 0.5) is 0 Å². The molecule has 0 saturated carbocycles. The molecule has 0 aliphatic rings. The van der Waals surface area contributed by atoms with Crippen molar-refractivity contribution in [3.63, 3.8) is 0 Å². The Bertz CT molecular complexity index is 326. The van der Waals surface area contributed by atoms with Crippen LogP contribution in [-0.2, 0) is 24.9 Å². The predicted molar refractivity (Wildman–Crippen MR) is 49.4 cm³/mol. The molecule has 0 heterocycles. The fraction of sp³-hybridized carbons (Fsp3) is 1.00. The van der Waals surface area contributed by atoms with E-state index in [1.807, 2.05) is 0 Å². The second-order valence-electron chi connectivity index (χ2n) is 2.44. The summed E-state index contributed by atoms with van der Waals surface area (Å²) in [5.41, 5.74) is 0. The van der Waals surface area contributed by atoms with E-state index >= 15 is 0 Å². The normalized spacial score (nSPS) is 13.4.